The smallest absolute Gasteiger partial charge is 0.262 e. The molecular weight excluding hydrogens is 362 g/mol. The third-order valence-corrected chi connectivity index (χ3v) is 4.93. The molecule has 0 bridgehead atoms. The average Bonchev–Trinajstić information content (AvgIpc) is 3.03. The number of benzene rings is 2. The van der Waals surface area contributed by atoms with Gasteiger partial charge in [0, 0.05) is 18.6 Å². The fraction of sp³-hybridized carbons (Fsp3) is 0.250. The molecule has 0 aliphatic carbocycles. The molecule has 0 unspecified atom stereocenters. The predicted molar refractivity (Wildman–Crippen MR) is 107 cm³/mol. The van der Waals surface area contributed by atoms with Gasteiger partial charge in [0.2, 0.25) is 5.78 Å². The fourth-order valence-corrected chi connectivity index (χ4v) is 3.62. The zero-order valence-corrected chi connectivity index (χ0v) is 16.2. The van der Waals surface area contributed by atoms with Crippen LogP contribution in [0.15, 0.2) is 47.3 Å². The van der Waals surface area contributed by atoms with Crippen molar-refractivity contribution in [3.63, 3.8) is 0 Å². The van der Waals surface area contributed by atoms with Crippen molar-refractivity contribution in [3.05, 3.63) is 74.8 Å². The van der Waals surface area contributed by atoms with E-state index < -0.39 is 0 Å². The van der Waals surface area contributed by atoms with Crippen molar-refractivity contribution >= 4 is 28.3 Å². The van der Waals surface area contributed by atoms with E-state index in [1.807, 2.05) is 60.8 Å². The molecule has 4 rings (SSSR count). The first kappa shape index (κ1) is 17.7. The van der Waals surface area contributed by atoms with Crippen LogP contribution in [0.25, 0.3) is 16.7 Å². The molecule has 0 fully saturated rings. The Morgan fingerprint density at radius 2 is 1.93 bits per heavy atom. The Kier molecular flexibility index (Phi) is 4.45. The lowest BCUT2D eigenvalue weighted by Gasteiger charge is -2.16. The molecule has 0 atom stereocenters. The first-order valence-electron chi connectivity index (χ1n) is 8.70. The van der Waals surface area contributed by atoms with Gasteiger partial charge in [-0.2, -0.15) is 0 Å². The minimum Gasteiger partial charge on any atom is -0.295 e. The lowest BCUT2D eigenvalue weighted by molar-refractivity contribution is 0.310. The van der Waals surface area contributed by atoms with E-state index >= 15 is 0 Å². The van der Waals surface area contributed by atoms with Crippen LogP contribution >= 0.6 is 11.6 Å². The van der Waals surface area contributed by atoms with Crippen molar-refractivity contribution in [2.45, 2.75) is 20.0 Å². The number of nitrogens with zero attached hydrogens (tertiary/aromatic N) is 5. The van der Waals surface area contributed by atoms with Crippen LogP contribution in [0.1, 0.15) is 17.0 Å². The highest BCUT2D eigenvalue weighted by Gasteiger charge is 2.16. The van der Waals surface area contributed by atoms with Gasteiger partial charge < -0.3 is 0 Å². The molecule has 0 saturated carbocycles. The lowest BCUT2D eigenvalue weighted by Crippen LogP contribution is -2.22. The van der Waals surface area contributed by atoms with Crippen LogP contribution in [0.3, 0.4) is 0 Å². The van der Waals surface area contributed by atoms with E-state index in [1.165, 1.54) is 0 Å². The summed E-state index contributed by atoms with van der Waals surface area (Å²) in [5.74, 6) is 1.33. The molecule has 0 radical (unpaired) electrons. The Morgan fingerprint density at radius 1 is 1.11 bits per heavy atom. The fourth-order valence-electron chi connectivity index (χ4n) is 3.41. The van der Waals surface area contributed by atoms with Crippen LogP contribution in [0, 0.1) is 6.92 Å². The molecule has 0 spiro atoms. The van der Waals surface area contributed by atoms with Crippen LogP contribution in [0.4, 0.5) is 0 Å². The molecule has 2 aromatic heterocycles. The van der Waals surface area contributed by atoms with Crippen LogP contribution in [0.5, 0.6) is 0 Å². The monoisotopic (exact) mass is 381 g/mol. The molecule has 0 aliphatic heterocycles. The minimum atomic E-state index is -0.0626. The first-order valence-corrected chi connectivity index (χ1v) is 9.08. The number of fused-ring (bicyclic) bond motifs is 3. The van der Waals surface area contributed by atoms with E-state index in [4.69, 9.17) is 11.6 Å². The van der Waals surface area contributed by atoms with Gasteiger partial charge in [-0.3, -0.25) is 18.7 Å². The van der Waals surface area contributed by atoms with Crippen molar-refractivity contribution in [1.29, 1.82) is 0 Å². The summed E-state index contributed by atoms with van der Waals surface area (Å²) in [6, 6.07) is 13.7. The Bertz CT molecular complexity index is 1210. The lowest BCUT2D eigenvalue weighted by atomic mass is 10.1. The Hall–Kier alpha value is -2.70. The second-order valence-electron chi connectivity index (χ2n) is 6.94. The second-order valence-corrected chi connectivity index (χ2v) is 7.38. The first-order chi connectivity index (χ1) is 12.9. The highest BCUT2D eigenvalue weighted by Crippen LogP contribution is 2.18. The third-order valence-electron chi connectivity index (χ3n) is 4.69. The second kappa shape index (κ2) is 6.79. The quantitative estimate of drug-likeness (QED) is 0.545. The molecule has 7 heteroatoms. The topological polar surface area (TPSA) is 55.4 Å². The van der Waals surface area contributed by atoms with E-state index in [1.54, 1.807) is 11.6 Å². The van der Waals surface area contributed by atoms with Gasteiger partial charge in [0.25, 0.3) is 5.56 Å². The number of hydrogen-bond donors (Lipinski definition) is 0. The zero-order chi connectivity index (χ0) is 19.1. The van der Waals surface area contributed by atoms with Gasteiger partial charge in [-0.25, -0.2) is 0 Å². The molecule has 0 aliphatic rings. The maximum absolute atomic E-state index is 12.7. The summed E-state index contributed by atoms with van der Waals surface area (Å²) in [7, 11) is 3.75. The van der Waals surface area contributed by atoms with Crippen LogP contribution in [-0.4, -0.2) is 31.1 Å². The standard InChI is InChI=1S/C20H20ClN5O/c1-13-7-8-17-16(9-13)19(27)25(3)20-23-22-18(26(17)20)12-24(2)11-14-5-4-6-15(21)10-14/h4-10H,11-12H2,1-3H3. The molecule has 2 heterocycles. The predicted octanol–water partition coefficient (Wildman–Crippen LogP) is 3.18. The Morgan fingerprint density at radius 3 is 2.70 bits per heavy atom. The number of hydrogen-bond acceptors (Lipinski definition) is 4. The summed E-state index contributed by atoms with van der Waals surface area (Å²) < 4.78 is 3.51. The van der Waals surface area contributed by atoms with Crippen molar-refractivity contribution < 1.29 is 0 Å². The molecule has 0 saturated heterocycles. The largest absolute Gasteiger partial charge is 0.295 e. The number of aromatic nitrogens is 4. The Balaban J connectivity index is 1.76. The minimum absolute atomic E-state index is 0.0626. The van der Waals surface area contributed by atoms with Gasteiger partial charge in [-0.1, -0.05) is 35.4 Å². The van der Waals surface area contributed by atoms with Gasteiger partial charge in [-0.05, 0) is 43.8 Å². The van der Waals surface area contributed by atoms with E-state index in [0.29, 0.717) is 17.7 Å². The van der Waals surface area contributed by atoms with Crippen LogP contribution in [0.2, 0.25) is 5.02 Å². The molecule has 4 aromatic rings. The van der Waals surface area contributed by atoms with Gasteiger partial charge in [-0.15, -0.1) is 10.2 Å². The van der Waals surface area contributed by atoms with Crippen molar-refractivity contribution in [1.82, 2.24) is 24.1 Å². The maximum atomic E-state index is 12.7. The van der Waals surface area contributed by atoms with E-state index in [2.05, 4.69) is 15.1 Å². The molecule has 6 nitrogen and oxygen atoms in total. The van der Waals surface area contributed by atoms with Crippen molar-refractivity contribution in [3.8, 4) is 0 Å². The molecule has 0 N–H and O–H groups in total. The highest BCUT2D eigenvalue weighted by atomic mass is 35.5. The molecule has 27 heavy (non-hydrogen) atoms. The normalized spacial score (nSPS) is 11.7. The van der Waals surface area contributed by atoms with Gasteiger partial charge >= 0.3 is 0 Å². The molecule has 0 amide bonds. The van der Waals surface area contributed by atoms with Crippen molar-refractivity contribution in [2.75, 3.05) is 7.05 Å². The van der Waals surface area contributed by atoms with Crippen LogP contribution < -0.4 is 5.56 Å². The average molecular weight is 382 g/mol. The van der Waals surface area contributed by atoms with Gasteiger partial charge in [0.15, 0.2) is 5.82 Å². The number of rotatable bonds is 4. The zero-order valence-electron chi connectivity index (χ0n) is 15.5. The van der Waals surface area contributed by atoms with Crippen molar-refractivity contribution in [2.24, 2.45) is 7.05 Å². The summed E-state index contributed by atoms with van der Waals surface area (Å²) in [6.45, 7) is 3.31. The summed E-state index contributed by atoms with van der Waals surface area (Å²) >= 11 is 6.08. The van der Waals surface area contributed by atoms with Gasteiger partial charge in [0.05, 0.1) is 17.4 Å². The summed E-state index contributed by atoms with van der Waals surface area (Å²) in [4.78, 5) is 14.8. The van der Waals surface area contributed by atoms with Gasteiger partial charge in [0.1, 0.15) is 0 Å². The molecular formula is C20H20ClN5O. The van der Waals surface area contributed by atoms with E-state index in [-0.39, 0.29) is 5.56 Å². The summed E-state index contributed by atoms with van der Waals surface area (Å²) in [5.41, 5.74) is 2.95. The highest BCUT2D eigenvalue weighted by molar-refractivity contribution is 6.30. The number of aryl methyl sites for hydroxylation is 2. The van der Waals surface area contributed by atoms with Crippen LogP contribution in [-0.2, 0) is 20.1 Å². The summed E-state index contributed by atoms with van der Waals surface area (Å²) in [6.07, 6.45) is 0. The SMILES string of the molecule is Cc1ccc2c(c1)c(=O)n(C)c1nnc(CN(C)Cc3cccc(Cl)c3)n21. The molecule has 138 valence electrons. The third kappa shape index (κ3) is 3.22. The van der Waals surface area contributed by atoms with E-state index in [9.17, 15) is 4.79 Å². The van der Waals surface area contributed by atoms with E-state index in [0.717, 1.165) is 34.0 Å². The maximum Gasteiger partial charge on any atom is 0.262 e. The molecule has 2 aromatic carbocycles. The summed E-state index contributed by atoms with van der Waals surface area (Å²) in [5, 5.41) is 10.0. The Labute approximate surface area is 161 Å². The number of halogens is 1.